The van der Waals surface area contributed by atoms with Crippen LogP contribution < -0.4 is 10.6 Å². The number of hydrogen-bond donors (Lipinski definition) is 2. The van der Waals surface area contributed by atoms with Crippen molar-refractivity contribution in [2.24, 2.45) is 10.2 Å². The molecule has 0 aliphatic carbocycles. The molecular formula is C14H12FN5O2. The maximum Gasteiger partial charge on any atom is 0.364 e. The highest BCUT2D eigenvalue weighted by molar-refractivity contribution is 5.90. The molecule has 7 nitrogen and oxygen atoms in total. The van der Waals surface area contributed by atoms with Crippen LogP contribution in [0.5, 0.6) is 0 Å². The van der Waals surface area contributed by atoms with E-state index in [1.54, 1.807) is 24.5 Å². The zero-order chi connectivity index (χ0) is 15.8. The van der Waals surface area contributed by atoms with Gasteiger partial charge in [0.25, 0.3) is 0 Å². The summed E-state index contributed by atoms with van der Waals surface area (Å²) < 4.78 is 12.7. The number of carbonyl (C=O) groups excluding carboxylic acids is 2. The lowest BCUT2D eigenvalue weighted by Gasteiger charge is -2.01. The molecule has 8 heteroatoms. The first-order valence-electron chi connectivity index (χ1n) is 6.28. The number of benzene rings is 1. The van der Waals surface area contributed by atoms with E-state index in [9.17, 15) is 14.0 Å². The fraction of sp³-hybridized carbons (Fsp3) is 0.0714. The average molecular weight is 301 g/mol. The normalized spacial score (nSPS) is 10.4. The number of aromatic nitrogens is 1. The Morgan fingerprint density at radius 1 is 1.09 bits per heavy atom. The summed E-state index contributed by atoms with van der Waals surface area (Å²) in [5.41, 5.74) is 1.14. The minimum atomic E-state index is -0.830. The SMILES string of the molecule is O=C(/N=N/C(=O)Nc1ccc(F)cc1)NCc1cccnc1. The Morgan fingerprint density at radius 3 is 2.50 bits per heavy atom. The summed E-state index contributed by atoms with van der Waals surface area (Å²) in [6.45, 7) is 0.227. The van der Waals surface area contributed by atoms with Gasteiger partial charge in [-0.25, -0.2) is 14.0 Å². The van der Waals surface area contributed by atoms with E-state index in [0.717, 1.165) is 5.56 Å². The van der Waals surface area contributed by atoms with Crippen molar-refractivity contribution in [2.75, 3.05) is 5.32 Å². The number of rotatable bonds is 3. The number of hydrogen-bond acceptors (Lipinski definition) is 3. The zero-order valence-electron chi connectivity index (χ0n) is 11.4. The molecule has 0 aliphatic heterocycles. The Bertz CT molecular complexity index is 673. The Hall–Kier alpha value is -3.16. The van der Waals surface area contributed by atoms with E-state index in [1.807, 2.05) is 0 Å². The summed E-state index contributed by atoms with van der Waals surface area (Å²) in [6.07, 6.45) is 3.21. The zero-order valence-corrected chi connectivity index (χ0v) is 11.4. The molecule has 112 valence electrons. The molecule has 1 aromatic heterocycles. The largest absolute Gasteiger partial charge is 0.364 e. The lowest BCUT2D eigenvalue weighted by Crippen LogP contribution is -2.19. The van der Waals surface area contributed by atoms with Crippen molar-refractivity contribution < 1.29 is 14.0 Å². The van der Waals surface area contributed by atoms with Crippen LogP contribution >= 0.6 is 0 Å². The van der Waals surface area contributed by atoms with Gasteiger partial charge in [-0.1, -0.05) is 16.3 Å². The third-order valence-corrected chi connectivity index (χ3v) is 2.49. The van der Waals surface area contributed by atoms with E-state index in [-0.39, 0.29) is 6.54 Å². The van der Waals surface area contributed by atoms with Gasteiger partial charge >= 0.3 is 12.1 Å². The van der Waals surface area contributed by atoms with E-state index < -0.39 is 17.9 Å². The molecular weight excluding hydrogens is 289 g/mol. The average Bonchev–Trinajstić information content (AvgIpc) is 2.54. The number of halogens is 1. The van der Waals surface area contributed by atoms with Gasteiger partial charge in [0, 0.05) is 24.6 Å². The highest BCUT2D eigenvalue weighted by Crippen LogP contribution is 2.08. The molecule has 0 saturated carbocycles. The van der Waals surface area contributed by atoms with Crippen LogP contribution in [0.25, 0.3) is 0 Å². The van der Waals surface area contributed by atoms with Crippen molar-refractivity contribution in [3.8, 4) is 0 Å². The molecule has 22 heavy (non-hydrogen) atoms. The van der Waals surface area contributed by atoms with Crippen LogP contribution in [0.15, 0.2) is 59.0 Å². The molecule has 0 spiro atoms. The Labute approximate surface area is 125 Å². The standard InChI is InChI=1S/C14H12FN5O2/c15-11-3-5-12(6-4-11)18-14(22)20-19-13(21)17-9-10-2-1-7-16-8-10/h1-8H,9H2,(H,17,21)(H,18,22)/b20-19+. The number of carbonyl (C=O) groups is 2. The monoisotopic (exact) mass is 301 g/mol. The van der Waals surface area contributed by atoms with E-state index >= 15 is 0 Å². The van der Waals surface area contributed by atoms with Crippen LogP contribution in [0.3, 0.4) is 0 Å². The molecule has 0 unspecified atom stereocenters. The number of azo groups is 1. The lowest BCUT2D eigenvalue weighted by molar-refractivity contribution is 0.244. The highest BCUT2D eigenvalue weighted by atomic mass is 19.1. The Morgan fingerprint density at radius 2 is 1.82 bits per heavy atom. The molecule has 2 rings (SSSR count). The van der Waals surface area contributed by atoms with Gasteiger partial charge in [-0.15, -0.1) is 0 Å². The number of pyridine rings is 1. The van der Waals surface area contributed by atoms with Crippen LogP contribution in [-0.4, -0.2) is 17.0 Å². The van der Waals surface area contributed by atoms with Crippen molar-refractivity contribution in [1.82, 2.24) is 10.3 Å². The maximum absolute atomic E-state index is 12.7. The van der Waals surface area contributed by atoms with Gasteiger partial charge in [-0.2, -0.15) is 0 Å². The van der Waals surface area contributed by atoms with E-state index in [1.165, 1.54) is 24.3 Å². The van der Waals surface area contributed by atoms with Crippen molar-refractivity contribution in [2.45, 2.75) is 6.54 Å². The second-order valence-corrected chi connectivity index (χ2v) is 4.16. The predicted molar refractivity (Wildman–Crippen MR) is 76.7 cm³/mol. The molecule has 4 amide bonds. The first-order valence-corrected chi connectivity index (χ1v) is 6.28. The third-order valence-electron chi connectivity index (χ3n) is 2.49. The topological polar surface area (TPSA) is 95.8 Å². The van der Waals surface area contributed by atoms with Crippen LogP contribution in [-0.2, 0) is 6.54 Å². The quantitative estimate of drug-likeness (QED) is 0.852. The van der Waals surface area contributed by atoms with Crippen LogP contribution in [0.1, 0.15) is 5.56 Å². The number of anilines is 1. The molecule has 0 atom stereocenters. The summed E-state index contributed by atoms with van der Waals surface area (Å²) in [5, 5.41) is 11.2. The Kier molecular flexibility index (Phi) is 5.25. The van der Waals surface area contributed by atoms with Crippen molar-refractivity contribution >= 4 is 17.7 Å². The van der Waals surface area contributed by atoms with Crippen molar-refractivity contribution in [1.29, 1.82) is 0 Å². The van der Waals surface area contributed by atoms with Crippen LogP contribution in [0.2, 0.25) is 0 Å². The fourth-order valence-corrected chi connectivity index (χ4v) is 1.49. The number of urea groups is 2. The molecule has 2 N–H and O–H groups in total. The van der Waals surface area contributed by atoms with Gasteiger partial charge in [0.1, 0.15) is 5.82 Å². The summed E-state index contributed by atoms with van der Waals surface area (Å²) in [6, 6.07) is 7.04. The first-order chi connectivity index (χ1) is 10.6. The molecule has 1 heterocycles. The van der Waals surface area contributed by atoms with Gasteiger partial charge in [0.15, 0.2) is 0 Å². The van der Waals surface area contributed by atoms with Gasteiger partial charge in [0.05, 0.1) is 0 Å². The molecule has 1 aromatic carbocycles. The molecule has 0 saturated heterocycles. The predicted octanol–water partition coefficient (Wildman–Crippen LogP) is 3.11. The second-order valence-electron chi connectivity index (χ2n) is 4.16. The summed E-state index contributed by atoms with van der Waals surface area (Å²) in [5.74, 6) is -0.422. The smallest absolute Gasteiger partial charge is 0.331 e. The van der Waals surface area contributed by atoms with E-state index in [0.29, 0.717) is 5.69 Å². The molecule has 0 radical (unpaired) electrons. The van der Waals surface area contributed by atoms with Gasteiger partial charge < -0.3 is 10.6 Å². The molecule has 2 aromatic rings. The number of amides is 4. The minimum Gasteiger partial charge on any atom is -0.331 e. The minimum absolute atomic E-state index is 0.227. The highest BCUT2D eigenvalue weighted by Gasteiger charge is 2.03. The number of nitrogens with zero attached hydrogens (tertiary/aromatic N) is 3. The number of nitrogens with one attached hydrogen (secondary N) is 2. The summed E-state index contributed by atoms with van der Waals surface area (Å²) in [7, 11) is 0. The van der Waals surface area contributed by atoms with E-state index in [2.05, 4.69) is 25.8 Å². The maximum atomic E-state index is 12.7. The lowest BCUT2D eigenvalue weighted by atomic mass is 10.3. The van der Waals surface area contributed by atoms with Crippen molar-refractivity contribution in [3.63, 3.8) is 0 Å². The van der Waals surface area contributed by atoms with Crippen LogP contribution in [0, 0.1) is 5.82 Å². The van der Waals surface area contributed by atoms with Crippen molar-refractivity contribution in [3.05, 3.63) is 60.2 Å². The Balaban J connectivity index is 1.79. The summed E-state index contributed by atoms with van der Waals surface area (Å²) in [4.78, 5) is 26.7. The molecule has 0 fully saturated rings. The summed E-state index contributed by atoms with van der Waals surface area (Å²) >= 11 is 0. The third kappa shape index (κ3) is 5.08. The molecule has 0 aliphatic rings. The second kappa shape index (κ2) is 7.58. The van der Waals surface area contributed by atoms with E-state index in [4.69, 9.17) is 0 Å². The van der Waals surface area contributed by atoms with Gasteiger partial charge in [0.2, 0.25) is 0 Å². The van der Waals surface area contributed by atoms with Gasteiger partial charge in [-0.05, 0) is 35.9 Å². The first kappa shape index (κ1) is 15.2. The molecule has 0 bridgehead atoms. The van der Waals surface area contributed by atoms with Gasteiger partial charge in [-0.3, -0.25) is 4.98 Å². The fourth-order valence-electron chi connectivity index (χ4n) is 1.49. The van der Waals surface area contributed by atoms with Crippen LogP contribution in [0.4, 0.5) is 19.7 Å².